The van der Waals surface area contributed by atoms with Gasteiger partial charge in [-0.15, -0.1) is 0 Å². The average Bonchev–Trinajstić information content (AvgIpc) is 1.58. The predicted molar refractivity (Wildman–Crippen MR) is 600 cm³/mol. The van der Waals surface area contributed by atoms with Gasteiger partial charge in [-0.25, -0.2) is 44.9 Å². The Kier molecular flexibility index (Phi) is 21.6. The van der Waals surface area contributed by atoms with Crippen molar-refractivity contribution < 1.29 is 13.3 Å². The molecule has 0 radical (unpaired) electrons. The fourth-order valence-electron chi connectivity index (χ4n) is 20.9. The molecule has 0 saturated carbocycles. The summed E-state index contributed by atoms with van der Waals surface area (Å²) in [5.74, 6) is 5.60. The van der Waals surface area contributed by atoms with Gasteiger partial charge < -0.3 is 13.3 Å². The zero-order valence-electron chi connectivity index (χ0n) is 79.2. The van der Waals surface area contributed by atoms with Crippen LogP contribution in [-0.4, -0.2) is 44.9 Å². The fraction of sp³-hybridized carbons (Fsp3) is 0. The van der Waals surface area contributed by atoms with Crippen molar-refractivity contribution in [2.24, 2.45) is 0 Å². The van der Waals surface area contributed by atoms with Gasteiger partial charge in [0.15, 0.2) is 52.4 Å². The molecule has 0 unspecified atom stereocenters. The Morgan fingerprint density at radius 3 is 0.776 bits per heavy atom. The topological polar surface area (TPSA) is 155 Å². The van der Waals surface area contributed by atoms with E-state index in [2.05, 4.69) is 285 Å². The molecule has 0 atom stereocenters. The molecule has 22 aromatic carbocycles. The minimum Gasteiger partial charge on any atom is -0.456 e. The Labute approximate surface area is 845 Å². The summed E-state index contributed by atoms with van der Waals surface area (Å²) in [4.78, 5) is 44.9. The highest BCUT2D eigenvalue weighted by molar-refractivity contribution is 6.21. The van der Waals surface area contributed by atoms with E-state index in [0.717, 1.165) is 144 Å². The minimum atomic E-state index is 0.603. The van der Waals surface area contributed by atoms with Gasteiger partial charge in [0.1, 0.15) is 33.5 Å². The molecule has 0 amide bonds. The molecule has 0 fully saturated rings. The summed E-state index contributed by atoms with van der Waals surface area (Å²) >= 11 is 0. The molecule has 1 aliphatic rings. The lowest BCUT2D eigenvalue weighted by Gasteiger charge is -2.13. The maximum Gasteiger partial charge on any atom is 0.164 e. The van der Waals surface area contributed by atoms with E-state index in [9.17, 15) is 0 Å². The standard InChI is InChI=1S/C49H31N3O.C43H25N3O.C43H27N3O/c1-4-13-33(14-5-1)38-28-29-39(41-20-11-10-19-40(38)41)34-25-23-32(24-26-34)37-27-30-44-43(31-37)46-42(21-12-22-45(46)53-44)49-51-47(35-15-6-2-7-16-35)50-48(52-49)36-17-8-3-9-18-36;1-3-11-26(12-4-1)41-44-42(27-13-5-2-6-14-27)46-43(45-41)35-19-10-20-38-40(35)36-25-28(21-24-37(36)47-38)29-22-23-34-31-16-8-7-15-30(31)33-18-9-17-32(29)39(33)34;1-3-12-29(13-4-1)41-44-42(30-14-5-2-6-15-30)46-43(45-41)36-19-10-20-39-40(36)37-27-35(23-24-38(37)47-39)33-18-9-17-32(26-33)34-22-21-28-11-7-8-16-31(28)25-34/h1-31H;1-25H;1-27H. The van der Waals surface area contributed by atoms with E-state index in [1.54, 1.807) is 0 Å². The molecule has 686 valence electrons. The molecule has 0 bridgehead atoms. The molecular formula is C135H83N9O3. The lowest BCUT2D eigenvalue weighted by atomic mass is 9.91. The van der Waals surface area contributed by atoms with Crippen LogP contribution in [0.3, 0.4) is 0 Å². The Morgan fingerprint density at radius 2 is 0.361 bits per heavy atom. The summed E-state index contributed by atoms with van der Waals surface area (Å²) in [6, 6.07) is 174. The lowest BCUT2D eigenvalue weighted by Crippen LogP contribution is -2.00. The van der Waals surface area contributed by atoms with Gasteiger partial charge in [0.25, 0.3) is 0 Å². The number of nitrogens with zero attached hydrogens (tertiary/aromatic N) is 9. The van der Waals surface area contributed by atoms with Gasteiger partial charge in [0, 0.05) is 82.4 Å². The first-order valence-electron chi connectivity index (χ1n) is 49.2. The molecule has 0 spiro atoms. The zero-order chi connectivity index (χ0) is 97.2. The molecule has 28 aromatic rings. The van der Waals surface area contributed by atoms with Gasteiger partial charge in [0.2, 0.25) is 0 Å². The van der Waals surface area contributed by atoms with Crippen molar-refractivity contribution in [3.63, 3.8) is 0 Å². The molecule has 0 saturated heterocycles. The van der Waals surface area contributed by atoms with Gasteiger partial charge in [0.05, 0.1) is 0 Å². The van der Waals surface area contributed by atoms with Crippen LogP contribution in [0.25, 0.3) is 290 Å². The van der Waals surface area contributed by atoms with Crippen LogP contribution in [0.1, 0.15) is 0 Å². The van der Waals surface area contributed by atoms with E-state index >= 15 is 0 Å². The second-order valence-corrected chi connectivity index (χ2v) is 36.8. The number of aromatic nitrogens is 9. The number of benzene rings is 22. The zero-order valence-corrected chi connectivity index (χ0v) is 79.2. The Balaban J connectivity index is 0.000000109. The van der Waals surface area contributed by atoms with Crippen LogP contribution >= 0.6 is 0 Å². The van der Waals surface area contributed by atoms with Gasteiger partial charge in [-0.2, -0.15) is 0 Å². The monoisotopic (exact) mass is 1880 g/mol. The van der Waals surface area contributed by atoms with E-state index in [1.165, 1.54) is 93.5 Å². The summed E-state index contributed by atoms with van der Waals surface area (Å²) in [5.41, 5.74) is 32.4. The highest BCUT2D eigenvalue weighted by Crippen LogP contribution is 2.52. The summed E-state index contributed by atoms with van der Waals surface area (Å²) < 4.78 is 19.3. The van der Waals surface area contributed by atoms with Crippen molar-refractivity contribution in [3.05, 3.63) is 504 Å². The Hall–Kier alpha value is -20.0. The smallest absolute Gasteiger partial charge is 0.164 e. The maximum absolute atomic E-state index is 6.44. The van der Waals surface area contributed by atoms with Crippen LogP contribution in [0.15, 0.2) is 517 Å². The van der Waals surface area contributed by atoms with Crippen molar-refractivity contribution in [1.29, 1.82) is 0 Å². The predicted octanol–water partition coefficient (Wildman–Crippen LogP) is 35.4. The van der Waals surface area contributed by atoms with Crippen molar-refractivity contribution in [1.82, 2.24) is 44.9 Å². The number of hydrogen-bond acceptors (Lipinski definition) is 12. The summed E-state index contributed by atoms with van der Waals surface area (Å²) in [7, 11) is 0. The number of fused-ring (bicyclic) bond motifs is 14. The number of furan rings is 3. The molecule has 0 aliphatic heterocycles. The van der Waals surface area contributed by atoms with E-state index in [4.69, 9.17) is 58.1 Å². The normalized spacial score (nSPS) is 11.5. The first-order chi connectivity index (χ1) is 72.8. The molecule has 6 heterocycles. The van der Waals surface area contributed by atoms with Crippen LogP contribution in [0.2, 0.25) is 0 Å². The van der Waals surface area contributed by atoms with Gasteiger partial charge in [-0.05, 0) is 188 Å². The minimum absolute atomic E-state index is 0.603. The third-order valence-electron chi connectivity index (χ3n) is 28.0. The van der Waals surface area contributed by atoms with Crippen molar-refractivity contribution in [2.75, 3.05) is 0 Å². The SMILES string of the molecule is c1ccc(-c2nc(-c3ccccc3)nc(-c3cccc4oc5ccc(-c6ccc(-c7ccc(-c8ccccc8)c8ccccc78)cc6)cc5c34)n2)cc1.c1ccc(-c2nc(-c3ccccc3)nc(-c3cccc4oc5ccc(-c6ccc7c8c(cccc68)-c6ccccc6-7)cc5c34)n2)cc1.c1ccc(-c2nc(-c3ccccc3)nc(-c3cccc4oc5ccc(-c6cccc(-c7ccc8ccccc8c7)c6)cc5c34)n2)cc1. The van der Waals surface area contributed by atoms with Gasteiger partial charge in [-0.1, -0.05) is 437 Å². The average molecular weight is 1880 g/mol. The van der Waals surface area contributed by atoms with E-state index in [0.29, 0.717) is 52.4 Å². The Bertz CT molecular complexity index is 9780. The van der Waals surface area contributed by atoms with Crippen LogP contribution in [-0.2, 0) is 0 Å². The third kappa shape index (κ3) is 16.1. The molecule has 0 N–H and O–H groups in total. The highest BCUT2D eigenvalue weighted by Gasteiger charge is 2.27. The van der Waals surface area contributed by atoms with Crippen LogP contribution in [0, 0.1) is 0 Å². The fourth-order valence-corrected chi connectivity index (χ4v) is 20.9. The van der Waals surface area contributed by atoms with Gasteiger partial charge >= 0.3 is 0 Å². The van der Waals surface area contributed by atoms with Crippen molar-refractivity contribution in [2.45, 2.75) is 0 Å². The number of hydrogen-bond donors (Lipinski definition) is 0. The van der Waals surface area contributed by atoms with E-state index in [-0.39, 0.29) is 0 Å². The van der Waals surface area contributed by atoms with E-state index < -0.39 is 0 Å². The van der Waals surface area contributed by atoms with Crippen molar-refractivity contribution in [3.8, 4) is 192 Å². The maximum atomic E-state index is 6.44. The molecule has 12 heteroatoms. The molecular weight excluding hydrogens is 1800 g/mol. The van der Waals surface area contributed by atoms with Crippen LogP contribution < -0.4 is 0 Å². The van der Waals surface area contributed by atoms with E-state index in [1.807, 2.05) is 218 Å². The van der Waals surface area contributed by atoms with Crippen molar-refractivity contribution >= 4 is 98.1 Å². The first-order valence-corrected chi connectivity index (χ1v) is 49.2. The molecule has 29 rings (SSSR count). The highest BCUT2D eigenvalue weighted by atomic mass is 16.3. The summed E-state index contributed by atoms with van der Waals surface area (Å²) in [6.07, 6.45) is 0. The molecule has 12 nitrogen and oxygen atoms in total. The molecule has 6 aromatic heterocycles. The van der Waals surface area contributed by atoms with Crippen LogP contribution in [0.4, 0.5) is 0 Å². The summed E-state index contributed by atoms with van der Waals surface area (Å²) in [5, 5.41) is 13.6. The summed E-state index contributed by atoms with van der Waals surface area (Å²) in [6.45, 7) is 0. The molecule has 147 heavy (non-hydrogen) atoms. The quantitative estimate of drug-likeness (QED) is 0.0959. The first kappa shape index (κ1) is 86.2. The Morgan fingerprint density at radius 1 is 0.109 bits per heavy atom. The lowest BCUT2D eigenvalue weighted by molar-refractivity contribution is 0.668. The number of rotatable bonds is 15. The largest absolute Gasteiger partial charge is 0.456 e. The second-order valence-electron chi connectivity index (χ2n) is 36.8. The third-order valence-corrected chi connectivity index (χ3v) is 28.0. The van der Waals surface area contributed by atoms with Crippen LogP contribution in [0.5, 0.6) is 0 Å². The van der Waals surface area contributed by atoms with Gasteiger partial charge in [-0.3, -0.25) is 0 Å². The molecule has 1 aliphatic carbocycles. The second kappa shape index (κ2) is 36.9.